The summed E-state index contributed by atoms with van der Waals surface area (Å²) in [7, 11) is -4.09. The number of para-hydroxylation sites is 1. The van der Waals surface area contributed by atoms with E-state index in [1.165, 1.54) is 12.1 Å². The standard InChI is InChI=1S/C25H23NO5S/c1-18-12-14-21(15-13-18)32(29,30)26-23(17-24(27)31-20-10-6-3-7-11-20)22(25(26)28)16-19-8-4-2-5-9-19/h2-15,22-23H,16-17H2,1H3/t22-,23+/m0/s1. The van der Waals surface area contributed by atoms with Crippen molar-refractivity contribution in [3.05, 3.63) is 96.1 Å². The van der Waals surface area contributed by atoms with E-state index >= 15 is 0 Å². The van der Waals surface area contributed by atoms with Crippen molar-refractivity contribution in [3.63, 3.8) is 0 Å². The first-order valence-electron chi connectivity index (χ1n) is 10.3. The van der Waals surface area contributed by atoms with Crippen molar-refractivity contribution in [2.45, 2.75) is 30.7 Å². The van der Waals surface area contributed by atoms with Gasteiger partial charge in [-0.25, -0.2) is 12.7 Å². The Morgan fingerprint density at radius 1 is 0.906 bits per heavy atom. The number of ether oxygens (including phenoxy) is 1. The lowest BCUT2D eigenvalue weighted by atomic mass is 9.83. The van der Waals surface area contributed by atoms with Crippen molar-refractivity contribution in [1.82, 2.24) is 4.31 Å². The number of carbonyl (C=O) groups excluding carboxylic acids is 2. The predicted octanol–water partition coefficient (Wildman–Crippen LogP) is 3.75. The average Bonchev–Trinajstić information content (AvgIpc) is 2.78. The number of aryl methyl sites for hydroxylation is 1. The minimum Gasteiger partial charge on any atom is -0.426 e. The Labute approximate surface area is 187 Å². The fourth-order valence-electron chi connectivity index (χ4n) is 3.84. The smallest absolute Gasteiger partial charge is 0.313 e. The molecular weight excluding hydrogens is 426 g/mol. The van der Waals surface area contributed by atoms with Crippen LogP contribution in [0.4, 0.5) is 0 Å². The van der Waals surface area contributed by atoms with E-state index in [-0.39, 0.29) is 11.3 Å². The van der Waals surface area contributed by atoms with Crippen LogP contribution < -0.4 is 4.74 Å². The van der Waals surface area contributed by atoms with Crippen LogP contribution >= 0.6 is 0 Å². The fourth-order valence-corrected chi connectivity index (χ4v) is 5.50. The molecule has 164 valence electrons. The van der Waals surface area contributed by atoms with Crippen LogP contribution in [-0.2, 0) is 26.0 Å². The third-order valence-corrected chi connectivity index (χ3v) is 7.36. The van der Waals surface area contributed by atoms with Gasteiger partial charge in [0.2, 0.25) is 5.91 Å². The van der Waals surface area contributed by atoms with E-state index in [0.717, 1.165) is 15.4 Å². The average molecular weight is 450 g/mol. The molecule has 0 radical (unpaired) electrons. The minimum absolute atomic E-state index is 0.0241. The number of carbonyl (C=O) groups is 2. The Bertz CT molecular complexity index is 1210. The van der Waals surface area contributed by atoms with Crippen molar-refractivity contribution < 1.29 is 22.7 Å². The van der Waals surface area contributed by atoms with Gasteiger partial charge in [0.05, 0.1) is 23.3 Å². The van der Waals surface area contributed by atoms with Crippen LogP contribution in [0, 0.1) is 12.8 Å². The van der Waals surface area contributed by atoms with Crippen LogP contribution in [0.3, 0.4) is 0 Å². The molecule has 0 N–H and O–H groups in total. The van der Waals surface area contributed by atoms with Crippen molar-refractivity contribution in [2.24, 2.45) is 5.92 Å². The normalized spacial score (nSPS) is 18.2. The Hall–Kier alpha value is -3.45. The first-order chi connectivity index (χ1) is 15.4. The molecule has 0 saturated carbocycles. The van der Waals surface area contributed by atoms with Crippen molar-refractivity contribution in [2.75, 3.05) is 0 Å². The third kappa shape index (κ3) is 4.43. The lowest BCUT2D eigenvalue weighted by molar-refractivity contribution is -0.150. The summed E-state index contributed by atoms with van der Waals surface area (Å²) in [5.41, 5.74) is 1.81. The Kier molecular flexibility index (Phi) is 6.10. The molecule has 1 fully saturated rings. The molecule has 4 rings (SSSR count). The van der Waals surface area contributed by atoms with Gasteiger partial charge in [0, 0.05) is 0 Å². The maximum absolute atomic E-state index is 13.2. The Morgan fingerprint density at radius 2 is 1.50 bits per heavy atom. The highest BCUT2D eigenvalue weighted by Gasteiger charge is 2.54. The van der Waals surface area contributed by atoms with Gasteiger partial charge in [0.15, 0.2) is 0 Å². The highest BCUT2D eigenvalue weighted by Crippen LogP contribution is 2.37. The number of benzene rings is 3. The summed E-state index contributed by atoms with van der Waals surface area (Å²) in [4.78, 5) is 25.6. The van der Waals surface area contributed by atoms with E-state index < -0.39 is 33.9 Å². The molecule has 7 heteroatoms. The van der Waals surface area contributed by atoms with Gasteiger partial charge in [-0.1, -0.05) is 66.2 Å². The lowest BCUT2D eigenvalue weighted by Crippen LogP contribution is -2.64. The first kappa shape index (κ1) is 21.8. The monoisotopic (exact) mass is 449 g/mol. The molecule has 6 nitrogen and oxygen atoms in total. The number of hydrogen-bond donors (Lipinski definition) is 0. The quantitative estimate of drug-likeness (QED) is 0.312. The van der Waals surface area contributed by atoms with Crippen molar-refractivity contribution in [1.29, 1.82) is 0 Å². The van der Waals surface area contributed by atoms with Crippen LogP contribution in [0.5, 0.6) is 5.75 Å². The predicted molar refractivity (Wildman–Crippen MR) is 119 cm³/mol. The number of sulfonamides is 1. The lowest BCUT2D eigenvalue weighted by Gasteiger charge is -2.45. The van der Waals surface area contributed by atoms with Gasteiger partial charge >= 0.3 is 5.97 Å². The molecule has 1 heterocycles. The summed E-state index contributed by atoms with van der Waals surface area (Å²) in [6, 6.07) is 23.4. The van der Waals surface area contributed by atoms with E-state index in [4.69, 9.17) is 4.74 Å². The van der Waals surface area contributed by atoms with Gasteiger partial charge in [-0.05, 0) is 43.2 Å². The highest BCUT2D eigenvalue weighted by molar-refractivity contribution is 7.89. The van der Waals surface area contributed by atoms with E-state index in [9.17, 15) is 18.0 Å². The molecule has 0 aromatic heterocycles. The molecule has 0 unspecified atom stereocenters. The molecule has 3 aromatic carbocycles. The molecule has 32 heavy (non-hydrogen) atoms. The number of hydrogen-bond acceptors (Lipinski definition) is 5. The third-order valence-electron chi connectivity index (χ3n) is 5.53. The zero-order chi connectivity index (χ0) is 22.7. The summed E-state index contributed by atoms with van der Waals surface area (Å²) in [6.45, 7) is 1.85. The van der Waals surface area contributed by atoms with Crippen LogP contribution in [0.1, 0.15) is 17.5 Å². The molecule has 0 bridgehead atoms. The molecule has 1 amide bonds. The van der Waals surface area contributed by atoms with Gasteiger partial charge in [0.25, 0.3) is 10.0 Å². The zero-order valence-electron chi connectivity index (χ0n) is 17.5. The van der Waals surface area contributed by atoms with Crippen LogP contribution in [0.25, 0.3) is 0 Å². The molecule has 3 aromatic rings. The minimum atomic E-state index is -4.09. The number of amides is 1. The largest absolute Gasteiger partial charge is 0.426 e. The van der Waals surface area contributed by atoms with E-state index in [0.29, 0.717) is 12.2 Å². The zero-order valence-corrected chi connectivity index (χ0v) is 18.4. The summed E-state index contributed by atoms with van der Waals surface area (Å²) in [5.74, 6) is -1.35. The second kappa shape index (κ2) is 8.96. The Morgan fingerprint density at radius 3 is 2.12 bits per heavy atom. The van der Waals surface area contributed by atoms with Crippen LogP contribution in [0.2, 0.25) is 0 Å². The summed E-state index contributed by atoms with van der Waals surface area (Å²) >= 11 is 0. The Balaban J connectivity index is 1.60. The van der Waals surface area contributed by atoms with Crippen LogP contribution in [0.15, 0.2) is 89.8 Å². The first-order valence-corrected chi connectivity index (χ1v) is 11.7. The molecule has 1 saturated heterocycles. The van der Waals surface area contributed by atoms with Gasteiger partial charge < -0.3 is 4.74 Å². The van der Waals surface area contributed by atoms with Gasteiger partial charge in [-0.3, -0.25) is 9.59 Å². The highest BCUT2D eigenvalue weighted by atomic mass is 32.2. The second-order valence-corrected chi connectivity index (χ2v) is 9.62. The van der Waals surface area contributed by atoms with E-state index in [2.05, 4.69) is 0 Å². The summed E-state index contributed by atoms with van der Waals surface area (Å²) < 4.78 is 32.7. The van der Waals surface area contributed by atoms with Crippen molar-refractivity contribution in [3.8, 4) is 5.75 Å². The molecule has 1 aliphatic heterocycles. The molecule has 0 spiro atoms. The van der Waals surface area contributed by atoms with Gasteiger partial charge in [0.1, 0.15) is 5.75 Å². The number of nitrogens with zero attached hydrogens (tertiary/aromatic N) is 1. The SMILES string of the molecule is Cc1ccc(S(=O)(=O)N2C(=O)[C@@H](Cc3ccccc3)[C@H]2CC(=O)Oc2ccccc2)cc1. The molecular formula is C25H23NO5S. The topological polar surface area (TPSA) is 80.8 Å². The molecule has 2 atom stereocenters. The maximum Gasteiger partial charge on any atom is 0.313 e. The van der Waals surface area contributed by atoms with Gasteiger partial charge in [-0.2, -0.15) is 0 Å². The second-order valence-electron chi connectivity index (χ2n) is 7.81. The summed E-state index contributed by atoms with van der Waals surface area (Å²) in [5, 5.41) is 0. The maximum atomic E-state index is 13.2. The summed E-state index contributed by atoms with van der Waals surface area (Å²) in [6.07, 6.45) is 0.131. The van der Waals surface area contributed by atoms with E-state index in [1.807, 2.05) is 37.3 Å². The van der Waals surface area contributed by atoms with Crippen molar-refractivity contribution >= 4 is 21.9 Å². The van der Waals surface area contributed by atoms with Crippen LogP contribution in [-0.4, -0.2) is 30.6 Å². The number of rotatable bonds is 7. The number of β-lactam (4-membered cyclic amide) rings is 1. The molecule has 1 aliphatic rings. The van der Waals surface area contributed by atoms with Gasteiger partial charge in [-0.15, -0.1) is 0 Å². The molecule has 0 aliphatic carbocycles. The number of esters is 1. The fraction of sp³-hybridized carbons (Fsp3) is 0.200. The van der Waals surface area contributed by atoms with E-state index in [1.54, 1.807) is 42.5 Å².